The van der Waals surface area contributed by atoms with Gasteiger partial charge in [-0.2, -0.15) is 0 Å². The molecule has 1 amide bonds. The monoisotopic (exact) mass is 357 g/mol. The smallest absolute Gasteiger partial charge is 0.226 e. The van der Waals surface area contributed by atoms with E-state index in [0.29, 0.717) is 31.1 Å². The van der Waals surface area contributed by atoms with Crippen molar-refractivity contribution in [1.82, 2.24) is 4.90 Å². The van der Waals surface area contributed by atoms with Crippen molar-refractivity contribution in [3.8, 4) is 17.2 Å². The molecule has 2 aromatic rings. The van der Waals surface area contributed by atoms with Crippen LogP contribution in [0, 0.1) is 13.8 Å². The lowest BCUT2D eigenvalue weighted by molar-refractivity contribution is -0.129. The van der Waals surface area contributed by atoms with Crippen molar-refractivity contribution in [1.29, 1.82) is 0 Å². The number of hydrogen-bond acceptors (Lipinski definition) is 4. The summed E-state index contributed by atoms with van der Waals surface area (Å²) in [7, 11) is 4.96. The maximum Gasteiger partial charge on any atom is 0.226 e. The molecule has 0 saturated heterocycles. The van der Waals surface area contributed by atoms with E-state index in [9.17, 15) is 4.79 Å². The summed E-state index contributed by atoms with van der Waals surface area (Å²) in [4.78, 5) is 14.1. The Bertz CT molecular complexity index is 737. The minimum atomic E-state index is 0.0289. The summed E-state index contributed by atoms with van der Waals surface area (Å²) < 4.78 is 16.3. The first-order valence-electron chi connectivity index (χ1n) is 8.59. The highest BCUT2D eigenvalue weighted by Crippen LogP contribution is 2.27. The lowest BCUT2D eigenvalue weighted by Crippen LogP contribution is -2.32. The van der Waals surface area contributed by atoms with Crippen LogP contribution in [0.3, 0.4) is 0 Å². The lowest BCUT2D eigenvalue weighted by atomic mass is 10.1. The third-order valence-electron chi connectivity index (χ3n) is 4.12. The Hall–Kier alpha value is -2.69. The zero-order valence-corrected chi connectivity index (χ0v) is 16.2. The lowest BCUT2D eigenvalue weighted by Gasteiger charge is -2.18. The van der Waals surface area contributed by atoms with Crippen LogP contribution in [0.1, 0.15) is 16.7 Å². The van der Waals surface area contributed by atoms with Crippen LogP contribution in [0.15, 0.2) is 36.4 Å². The first kappa shape index (κ1) is 19.6. The summed E-state index contributed by atoms with van der Waals surface area (Å²) in [5.41, 5.74) is 3.21. The van der Waals surface area contributed by atoms with Gasteiger partial charge in [0.1, 0.15) is 12.4 Å². The third kappa shape index (κ3) is 5.41. The molecule has 0 aliphatic heterocycles. The van der Waals surface area contributed by atoms with Crippen LogP contribution in [0.5, 0.6) is 17.2 Å². The second-order valence-electron chi connectivity index (χ2n) is 6.35. The molecule has 140 valence electrons. The maximum atomic E-state index is 12.4. The number of amides is 1. The summed E-state index contributed by atoms with van der Waals surface area (Å²) in [6.07, 6.45) is 0.306. The number of methoxy groups -OCH3 is 2. The Kier molecular flexibility index (Phi) is 6.89. The van der Waals surface area contributed by atoms with Crippen LogP contribution >= 0.6 is 0 Å². The van der Waals surface area contributed by atoms with E-state index in [4.69, 9.17) is 14.2 Å². The Morgan fingerprint density at radius 1 is 0.962 bits per heavy atom. The number of hydrogen-bond donors (Lipinski definition) is 0. The zero-order valence-electron chi connectivity index (χ0n) is 16.2. The number of likely N-dealkylation sites (N-methyl/N-ethyl adjacent to an activating group) is 1. The summed E-state index contributed by atoms with van der Waals surface area (Å²) in [5.74, 6) is 2.14. The zero-order chi connectivity index (χ0) is 19.1. The van der Waals surface area contributed by atoms with Gasteiger partial charge in [-0.05, 0) is 54.8 Å². The molecular weight excluding hydrogens is 330 g/mol. The van der Waals surface area contributed by atoms with Gasteiger partial charge in [0.05, 0.1) is 27.2 Å². The molecule has 0 spiro atoms. The molecule has 0 aromatic heterocycles. The van der Waals surface area contributed by atoms with Crippen LogP contribution < -0.4 is 14.2 Å². The van der Waals surface area contributed by atoms with E-state index in [-0.39, 0.29) is 5.91 Å². The average molecular weight is 357 g/mol. The fourth-order valence-electron chi connectivity index (χ4n) is 2.74. The molecule has 0 atom stereocenters. The van der Waals surface area contributed by atoms with Crippen molar-refractivity contribution in [2.45, 2.75) is 20.3 Å². The van der Waals surface area contributed by atoms with E-state index in [1.54, 1.807) is 26.2 Å². The number of aryl methyl sites for hydroxylation is 2. The molecule has 5 heteroatoms. The van der Waals surface area contributed by atoms with Crippen LogP contribution in [0.2, 0.25) is 0 Å². The van der Waals surface area contributed by atoms with Gasteiger partial charge >= 0.3 is 0 Å². The molecule has 0 radical (unpaired) electrons. The highest BCUT2D eigenvalue weighted by Gasteiger charge is 2.12. The second-order valence-corrected chi connectivity index (χ2v) is 6.35. The molecule has 0 bridgehead atoms. The third-order valence-corrected chi connectivity index (χ3v) is 4.12. The molecule has 0 heterocycles. The molecule has 2 aromatic carbocycles. The molecule has 0 fully saturated rings. The van der Waals surface area contributed by atoms with Crippen molar-refractivity contribution in [3.63, 3.8) is 0 Å². The van der Waals surface area contributed by atoms with Gasteiger partial charge in [-0.3, -0.25) is 4.79 Å². The van der Waals surface area contributed by atoms with Crippen molar-refractivity contribution >= 4 is 5.91 Å². The first-order valence-corrected chi connectivity index (χ1v) is 8.59. The van der Waals surface area contributed by atoms with Crippen LogP contribution in [0.4, 0.5) is 0 Å². The number of nitrogens with zero attached hydrogens (tertiary/aromatic N) is 1. The van der Waals surface area contributed by atoms with E-state index in [2.05, 4.69) is 6.07 Å². The topological polar surface area (TPSA) is 48.0 Å². The van der Waals surface area contributed by atoms with Gasteiger partial charge in [0.25, 0.3) is 0 Å². The summed E-state index contributed by atoms with van der Waals surface area (Å²) >= 11 is 0. The molecule has 0 N–H and O–H groups in total. The normalized spacial score (nSPS) is 10.3. The van der Waals surface area contributed by atoms with Crippen molar-refractivity contribution in [3.05, 3.63) is 53.1 Å². The quantitative estimate of drug-likeness (QED) is 0.726. The molecule has 5 nitrogen and oxygen atoms in total. The number of benzene rings is 2. The fraction of sp³-hybridized carbons (Fsp3) is 0.381. The van der Waals surface area contributed by atoms with Gasteiger partial charge in [0.2, 0.25) is 5.91 Å². The Labute approximate surface area is 155 Å². The van der Waals surface area contributed by atoms with Gasteiger partial charge in [-0.1, -0.05) is 12.1 Å². The predicted molar refractivity (Wildman–Crippen MR) is 102 cm³/mol. The van der Waals surface area contributed by atoms with Gasteiger partial charge in [-0.15, -0.1) is 0 Å². The highest BCUT2D eigenvalue weighted by molar-refractivity contribution is 5.78. The standard InChI is InChI=1S/C21H27NO4/c1-15-10-16(2)12-18(11-15)26-9-8-22(3)21(23)14-17-6-7-19(24-4)20(13-17)25-5/h6-7,10-13H,8-9,14H2,1-5H3. The van der Waals surface area contributed by atoms with Gasteiger partial charge < -0.3 is 19.1 Å². The Morgan fingerprint density at radius 2 is 1.62 bits per heavy atom. The molecule has 0 aliphatic carbocycles. The molecule has 0 saturated carbocycles. The molecule has 26 heavy (non-hydrogen) atoms. The molecule has 0 unspecified atom stereocenters. The number of carbonyl (C=O) groups is 1. The van der Waals surface area contributed by atoms with E-state index in [1.165, 1.54) is 0 Å². The Balaban J connectivity index is 1.87. The minimum Gasteiger partial charge on any atom is -0.493 e. The van der Waals surface area contributed by atoms with Crippen molar-refractivity contribution in [2.75, 3.05) is 34.4 Å². The van der Waals surface area contributed by atoms with Crippen LogP contribution in [-0.2, 0) is 11.2 Å². The predicted octanol–water partition coefficient (Wildman–Crippen LogP) is 3.40. The molecule has 2 rings (SSSR count). The fourth-order valence-corrected chi connectivity index (χ4v) is 2.74. The SMILES string of the molecule is COc1ccc(CC(=O)N(C)CCOc2cc(C)cc(C)c2)cc1OC. The summed E-state index contributed by atoms with van der Waals surface area (Å²) in [6, 6.07) is 11.6. The van der Waals surface area contributed by atoms with Crippen LogP contribution in [0.25, 0.3) is 0 Å². The first-order chi connectivity index (χ1) is 12.4. The van der Waals surface area contributed by atoms with E-state index >= 15 is 0 Å². The second kappa shape index (κ2) is 9.13. The van der Waals surface area contributed by atoms with Crippen LogP contribution in [-0.4, -0.2) is 45.2 Å². The molecular formula is C21H27NO4. The molecule has 0 aliphatic rings. The number of ether oxygens (including phenoxy) is 3. The van der Waals surface area contributed by atoms with Crippen molar-refractivity contribution < 1.29 is 19.0 Å². The minimum absolute atomic E-state index is 0.0289. The number of rotatable bonds is 8. The van der Waals surface area contributed by atoms with Gasteiger partial charge in [-0.25, -0.2) is 0 Å². The van der Waals surface area contributed by atoms with Gasteiger partial charge in [0.15, 0.2) is 11.5 Å². The Morgan fingerprint density at radius 3 is 2.23 bits per heavy atom. The van der Waals surface area contributed by atoms with E-state index in [1.807, 2.05) is 44.2 Å². The van der Waals surface area contributed by atoms with E-state index in [0.717, 1.165) is 22.4 Å². The maximum absolute atomic E-state index is 12.4. The largest absolute Gasteiger partial charge is 0.493 e. The highest BCUT2D eigenvalue weighted by atomic mass is 16.5. The average Bonchev–Trinajstić information content (AvgIpc) is 2.60. The summed E-state index contributed by atoms with van der Waals surface area (Å²) in [5, 5.41) is 0. The van der Waals surface area contributed by atoms with E-state index < -0.39 is 0 Å². The van der Waals surface area contributed by atoms with Crippen molar-refractivity contribution in [2.24, 2.45) is 0 Å². The summed E-state index contributed by atoms with van der Waals surface area (Å²) in [6.45, 7) is 5.06. The number of carbonyl (C=O) groups excluding carboxylic acids is 1. The van der Waals surface area contributed by atoms with Gasteiger partial charge in [0, 0.05) is 7.05 Å².